The van der Waals surface area contributed by atoms with Gasteiger partial charge in [0, 0.05) is 12.2 Å². The quantitative estimate of drug-likeness (QED) is 0.564. The third kappa shape index (κ3) is 3.23. The minimum Gasteiger partial charge on any atom is -0.506 e. The molecule has 1 aliphatic rings. The van der Waals surface area contributed by atoms with E-state index in [4.69, 9.17) is 5.11 Å². The Balaban J connectivity index is 2.55. The Morgan fingerprint density at radius 3 is 1.91 bits per heavy atom. The van der Waals surface area contributed by atoms with E-state index in [1.165, 1.54) is 0 Å². The minimum absolute atomic E-state index is 0.0114. The van der Waals surface area contributed by atoms with Crippen LogP contribution in [0.25, 0.3) is 0 Å². The number of phenols is 2. The fourth-order valence-corrected chi connectivity index (χ4v) is 3.79. The minimum atomic E-state index is -4.77. The van der Waals surface area contributed by atoms with Crippen molar-refractivity contribution in [3.8, 4) is 11.5 Å². The van der Waals surface area contributed by atoms with Crippen LogP contribution in [0.5, 0.6) is 11.5 Å². The average Bonchev–Trinajstić information content (AvgIpc) is 2.47. The van der Waals surface area contributed by atoms with E-state index in [2.05, 4.69) is 31.9 Å². The van der Waals surface area contributed by atoms with Crippen LogP contribution in [0.4, 0.5) is 13.2 Å². The van der Waals surface area contributed by atoms with E-state index in [-0.39, 0.29) is 27.0 Å². The maximum absolute atomic E-state index is 13.4. The van der Waals surface area contributed by atoms with Gasteiger partial charge in [-0.25, -0.2) is 0 Å². The molecule has 1 fully saturated rings. The summed E-state index contributed by atoms with van der Waals surface area (Å²) in [4.78, 5) is 0. The van der Waals surface area contributed by atoms with E-state index in [9.17, 15) is 23.4 Å². The van der Waals surface area contributed by atoms with Crippen LogP contribution in [0.2, 0.25) is 0 Å². The molecule has 0 heterocycles. The Morgan fingerprint density at radius 2 is 1.45 bits per heavy atom. The molecule has 22 heavy (non-hydrogen) atoms. The van der Waals surface area contributed by atoms with Crippen LogP contribution in [0, 0.1) is 5.92 Å². The van der Waals surface area contributed by atoms with Crippen LogP contribution < -0.4 is 0 Å². The topological polar surface area (TPSA) is 60.7 Å². The molecule has 0 atom stereocenters. The van der Waals surface area contributed by atoms with Crippen molar-refractivity contribution in [3.05, 3.63) is 20.1 Å². The van der Waals surface area contributed by atoms with E-state index in [1.54, 1.807) is 0 Å². The molecule has 0 aliphatic heterocycles. The van der Waals surface area contributed by atoms with Crippen molar-refractivity contribution in [2.24, 2.45) is 5.92 Å². The Morgan fingerprint density at radius 1 is 0.955 bits per heavy atom. The lowest BCUT2D eigenvalue weighted by molar-refractivity contribution is -0.139. The smallest absolute Gasteiger partial charge is 0.420 e. The molecule has 0 aromatic heterocycles. The number of hydrogen-bond donors (Lipinski definition) is 3. The highest BCUT2D eigenvalue weighted by Crippen LogP contribution is 2.54. The highest BCUT2D eigenvalue weighted by Gasteiger charge is 2.42. The summed E-state index contributed by atoms with van der Waals surface area (Å²) < 4.78 is 39.8. The Bertz CT molecular complexity index is 568. The highest BCUT2D eigenvalue weighted by molar-refractivity contribution is 9.13. The number of benzene rings is 1. The molecule has 1 aromatic rings. The lowest BCUT2D eigenvalue weighted by Gasteiger charge is -2.30. The molecule has 124 valence electrons. The molecule has 0 saturated heterocycles. The summed E-state index contributed by atoms with van der Waals surface area (Å²) in [5.74, 6) is -1.84. The van der Waals surface area contributed by atoms with Crippen LogP contribution in [-0.4, -0.2) is 21.9 Å². The third-order valence-corrected chi connectivity index (χ3v) is 6.24. The van der Waals surface area contributed by atoms with E-state index < -0.39 is 29.2 Å². The summed E-state index contributed by atoms with van der Waals surface area (Å²) in [5.41, 5.74) is -1.45. The second-order valence-electron chi connectivity index (χ2n) is 5.51. The first kappa shape index (κ1) is 17.9. The standard InChI is InChI=1S/C14H15Br2F3O3/c15-10-11(16)13(22)9(14(17,18)19)8(12(10)21)7-3-1-6(5-20)2-4-7/h6-7,20-22H,1-5H2. The number of alkyl halides is 3. The maximum atomic E-state index is 13.4. The normalized spacial score (nSPS) is 22.8. The number of aliphatic hydroxyl groups is 1. The highest BCUT2D eigenvalue weighted by atomic mass is 79.9. The van der Waals surface area contributed by atoms with Crippen molar-refractivity contribution in [1.82, 2.24) is 0 Å². The van der Waals surface area contributed by atoms with Gasteiger partial charge in [0.1, 0.15) is 17.1 Å². The van der Waals surface area contributed by atoms with Crippen LogP contribution >= 0.6 is 31.9 Å². The fourth-order valence-electron chi connectivity index (χ4n) is 3.00. The summed E-state index contributed by atoms with van der Waals surface area (Å²) >= 11 is 5.87. The SMILES string of the molecule is OCC1CCC(c2c(O)c(Br)c(Br)c(O)c2C(F)(F)F)CC1. The van der Waals surface area contributed by atoms with Gasteiger partial charge in [0.2, 0.25) is 0 Å². The summed E-state index contributed by atoms with van der Waals surface area (Å²) in [5, 5.41) is 29.2. The first-order valence-corrected chi connectivity index (χ1v) is 8.37. The predicted octanol–water partition coefficient (Wildman–Crippen LogP) is 4.91. The number of aromatic hydroxyl groups is 2. The monoisotopic (exact) mass is 446 g/mol. The van der Waals surface area contributed by atoms with Gasteiger partial charge in [-0.3, -0.25) is 0 Å². The maximum Gasteiger partial charge on any atom is 0.420 e. The number of phenolic OH excluding ortho intramolecular Hbond substituents is 2. The number of rotatable bonds is 2. The molecular formula is C14H15Br2F3O3. The molecule has 0 amide bonds. The Labute approximate surface area is 142 Å². The molecule has 0 spiro atoms. The Hall–Kier alpha value is -0.470. The second kappa shape index (κ2) is 6.57. The van der Waals surface area contributed by atoms with Gasteiger partial charge in [-0.1, -0.05) is 0 Å². The average molecular weight is 448 g/mol. The van der Waals surface area contributed by atoms with Crippen molar-refractivity contribution in [2.45, 2.75) is 37.8 Å². The van der Waals surface area contributed by atoms with Gasteiger partial charge in [-0.15, -0.1) is 0 Å². The zero-order valence-corrected chi connectivity index (χ0v) is 14.6. The van der Waals surface area contributed by atoms with Gasteiger partial charge in [-0.2, -0.15) is 13.2 Å². The molecule has 8 heteroatoms. The summed E-state index contributed by atoms with van der Waals surface area (Å²) in [6.07, 6.45) is -2.74. The van der Waals surface area contributed by atoms with Crippen LogP contribution in [0.15, 0.2) is 8.95 Å². The van der Waals surface area contributed by atoms with Crippen LogP contribution in [0.3, 0.4) is 0 Å². The van der Waals surface area contributed by atoms with Crippen molar-refractivity contribution < 1.29 is 28.5 Å². The predicted molar refractivity (Wildman–Crippen MR) is 82.0 cm³/mol. The zero-order chi connectivity index (χ0) is 16.7. The van der Waals surface area contributed by atoms with Gasteiger partial charge in [0.05, 0.1) is 8.95 Å². The summed E-state index contributed by atoms with van der Waals surface area (Å²) in [6.45, 7) is 0.0140. The van der Waals surface area contributed by atoms with Crippen LogP contribution in [0.1, 0.15) is 42.7 Å². The van der Waals surface area contributed by atoms with E-state index in [0.717, 1.165) is 0 Å². The molecule has 1 saturated carbocycles. The van der Waals surface area contributed by atoms with Crippen molar-refractivity contribution in [3.63, 3.8) is 0 Å². The lowest BCUT2D eigenvalue weighted by atomic mass is 9.77. The molecular weight excluding hydrogens is 433 g/mol. The van der Waals surface area contributed by atoms with E-state index in [1.807, 2.05) is 0 Å². The summed E-state index contributed by atoms with van der Waals surface area (Å²) in [7, 11) is 0. The van der Waals surface area contributed by atoms with Gasteiger partial charge in [0.15, 0.2) is 0 Å². The molecule has 2 rings (SSSR count). The first-order valence-electron chi connectivity index (χ1n) is 6.79. The van der Waals surface area contributed by atoms with E-state index in [0.29, 0.717) is 25.7 Å². The molecule has 0 bridgehead atoms. The summed E-state index contributed by atoms with van der Waals surface area (Å²) in [6, 6.07) is 0. The first-order chi connectivity index (χ1) is 10.2. The number of hydrogen-bond acceptors (Lipinski definition) is 3. The number of aliphatic hydroxyl groups excluding tert-OH is 1. The molecule has 3 nitrogen and oxygen atoms in total. The van der Waals surface area contributed by atoms with Gasteiger partial charge >= 0.3 is 6.18 Å². The molecule has 1 aromatic carbocycles. The van der Waals surface area contributed by atoms with E-state index >= 15 is 0 Å². The lowest BCUT2D eigenvalue weighted by Crippen LogP contribution is -2.19. The van der Waals surface area contributed by atoms with Crippen molar-refractivity contribution in [2.75, 3.05) is 6.61 Å². The van der Waals surface area contributed by atoms with Crippen LogP contribution in [-0.2, 0) is 6.18 Å². The fraction of sp³-hybridized carbons (Fsp3) is 0.571. The van der Waals surface area contributed by atoms with Gasteiger partial charge < -0.3 is 15.3 Å². The van der Waals surface area contributed by atoms with Crippen molar-refractivity contribution >= 4 is 31.9 Å². The number of halogens is 5. The largest absolute Gasteiger partial charge is 0.506 e. The molecule has 0 unspecified atom stereocenters. The van der Waals surface area contributed by atoms with Crippen molar-refractivity contribution in [1.29, 1.82) is 0 Å². The second-order valence-corrected chi connectivity index (χ2v) is 7.10. The third-order valence-electron chi connectivity index (χ3n) is 4.17. The molecule has 3 N–H and O–H groups in total. The molecule has 1 aliphatic carbocycles. The zero-order valence-electron chi connectivity index (χ0n) is 11.4. The molecule has 0 radical (unpaired) electrons. The van der Waals surface area contributed by atoms with Gasteiger partial charge in [-0.05, 0) is 69.4 Å². The Kier molecular flexibility index (Phi) is 5.34. The van der Waals surface area contributed by atoms with Gasteiger partial charge in [0.25, 0.3) is 0 Å².